The molecule has 1 aliphatic rings. The molecule has 2 unspecified atom stereocenters. The summed E-state index contributed by atoms with van der Waals surface area (Å²) in [6.07, 6.45) is -0.0378. The number of rotatable bonds is 6. The lowest BCUT2D eigenvalue weighted by atomic mass is 10.0. The average molecular weight is 269 g/mol. The fraction of sp³-hybridized carbons (Fsp3) is 0.571. The van der Waals surface area contributed by atoms with Crippen LogP contribution in [0.5, 0.6) is 0 Å². The van der Waals surface area contributed by atoms with E-state index in [1.165, 1.54) is 6.07 Å². The van der Waals surface area contributed by atoms with Crippen molar-refractivity contribution in [2.75, 3.05) is 33.4 Å². The summed E-state index contributed by atoms with van der Waals surface area (Å²) in [5, 5.41) is 13.1. The van der Waals surface area contributed by atoms with Gasteiger partial charge in [-0.2, -0.15) is 0 Å². The number of benzene rings is 1. The van der Waals surface area contributed by atoms with Crippen LogP contribution in [0.4, 0.5) is 4.39 Å². The zero-order valence-corrected chi connectivity index (χ0v) is 11.1. The van der Waals surface area contributed by atoms with Crippen LogP contribution in [0.15, 0.2) is 24.3 Å². The van der Waals surface area contributed by atoms with E-state index < -0.39 is 6.10 Å². The molecule has 19 heavy (non-hydrogen) atoms. The number of nitrogens with one attached hydrogen (secondary N) is 1. The van der Waals surface area contributed by atoms with Gasteiger partial charge in [-0.1, -0.05) is 18.2 Å². The maximum atomic E-state index is 13.5. The Bertz CT molecular complexity index is 407. The number of halogens is 1. The molecule has 1 aromatic carbocycles. The number of aliphatic hydroxyl groups excluding tert-OH is 1. The third-order valence-corrected chi connectivity index (χ3v) is 3.55. The van der Waals surface area contributed by atoms with Gasteiger partial charge in [-0.3, -0.25) is 0 Å². The molecule has 0 spiro atoms. The number of hydrogen-bond acceptors (Lipinski definition) is 4. The van der Waals surface area contributed by atoms with Crippen LogP contribution < -0.4 is 5.32 Å². The van der Waals surface area contributed by atoms with Crippen molar-refractivity contribution in [2.24, 2.45) is 0 Å². The smallest absolute Gasteiger partial charge is 0.129 e. The maximum Gasteiger partial charge on any atom is 0.129 e. The van der Waals surface area contributed by atoms with E-state index in [1.54, 1.807) is 25.3 Å². The SMILES string of the molecule is COC1(CNCC(O)c2ccccc2F)CCOC1. The third-order valence-electron chi connectivity index (χ3n) is 3.55. The standard InChI is InChI=1S/C14H20FNO3/c1-18-14(6-7-19-10-14)9-16-8-13(17)11-4-2-3-5-12(11)15/h2-5,13,16-17H,6-10H2,1H3. The van der Waals surface area contributed by atoms with Gasteiger partial charge in [-0.15, -0.1) is 0 Å². The summed E-state index contributed by atoms with van der Waals surface area (Å²) in [7, 11) is 1.66. The molecule has 0 bridgehead atoms. The van der Waals surface area contributed by atoms with Gasteiger partial charge in [0.25, 0.3) is 0 Å². The second-order valence-electron chi connectivity index (χ2n) is 4.86. The third kappa shape index (κ3) is 3.51. The molecule has 4 nitrogen and oxygen atoms in total. The van der Waals surface area contributed by atoms with E-state index in [-0.39, 0.29) is 18.0 Å². The second kappa shape index (κ2) is 6.43. The number of ether oxygens (including phenoxy) is 2. The highest BCUT2D eigenvalue weighted by Crippen LogP contribution is 2.22. The van der Waals surface area contributed by atoms with E-state index in [0.717, 1.165) is 6.42 Å². The van der Waals surface area contributed by atoms with Crippen LogP contribution in [-0.2, 0) is 9.47 Å². The summed E-state index contributed by atoms with van der Waals surface area (Å²) in [6, 6.07) is 6.25. The molecule has 106 valence electrons. The minimum absolute atomic E-state index is 0.284. The van der Waals surface area contributed by atoms with Crippen molar-refractivity contribution in [3.63, 3.8) is 0 Å². The second-order valence-corrected chi connectivity index (χ2v) is 4.86. The quantitative estimate of drug-likeness (QED) is 0.816. The monoisotopic (exact) mass is 269 g/mol. The van der Waals surface area contributed by atoms with Crippen molar-refractivity contribution in [2.45, 2.75) is 18.1 Å². The number of aliphatic hydroxyl groups is 1. The molecule has 0 aromatic heterocycles. The predicted octanol–water partition coefficient (Wildman–Crippen LogP) is 1.25. The largest absolute Gasteiger partial charge is 0.387 e. The van der Waals surface area contributed by atoms with E-state index in [9.17, 15) is 9.50 Å². The van der Waals surface area contributed by atoms with Gasteiger partial charge in [-0.05, 0) is 6.07 Å². The maximum absolute atomic E-state index is 13.5. The van der Waals surface area contributed by atoms with Crippen molar-refractivity contribution in [3.8, 4) is 0 Å². The average Bonchev–Trinajstić information content (AvgIpc) is 2.88. The van der Waals surface area contributed by atoms with E-state index >= 15 is 0 Å². The van der Waals surface area contributed by atoms with Crippen LogP contribution in [0.2, 0.25) is 0 Å². The lowest BCUT2D eigenvalue weighted by Gasteiger charge is -2.26. The Morgan fingerprint density at radius 1 is 1.53 bits per heavy atom. The summed E-state index contributed by atoms with van der Waals surface area (Å²) in [6.45, 7) is 2.10. The molecule has 2 rings (SSSR count). The first-order valence-electron chi connectivity index (χ1n) is 6.43. The van der Waals surface area contributed by atoms with Crippen LogP contribution in [0.25, 0.3) is 0 Å². The molecule has 1 aliphatic heterocycles. The van der Waals surface area contributed by atoms with Crippen molar-refractivity contribution >= 4 is 0 Å². The van der Waals surface area contributed by atoms with E-state index in [0.29, 0.717) is 25.3 Å². The van der Waals surface area contributed by atoms with Crippen molar-refractivity contribution in [1.82, 2.24) is 5.32 Å². The Morgan fingerprint density at radius 3 is 2.95 bits per heavy atom. The van der Waals surface area contributed by atoms with Crippen molar-refractivity contribution in [1.29, 1.82) is 0 Å². The van der Waals surface area contributed by atoms with Crippen molar-refractivity contribution < 1.29 is 19.0 Å². The van der Waals surface area contributed by atoms with Crippen LogP contribution in [0.3, 0.4) is 0 Å². The van der Waals surface area contributed by atoms with Crippen molar-refractivity contribution in [3.05, 3.63) is 35.6 Å². The zero-order chi connectivity index (χ0) is 13.7. The lowest BCUT2D eigenvalue weighted by molar-refractivity contribution is -0.0173. The van der Waals surface area contributed by atoms with Crippen LogP contribution in [-0.4, -0.2) is 44.1 Å². The van der Waals surface area contributed by atoms with Gasteiger partial charge < -0.3 is 19.9 Å². The Hall–Kier alpha value is -1.01. The first-order chi connectivity index (χ1) is 9.17. The molecular formula is C14H20FNO3. The van der Waals surface area contributed by atoms with Crippen LogP contribution in [0, 0.1) is 5.82 Å². The molecule has 1 fully saturated rings. The first-order valence-corrected chi connectivity index (χ1v) is 6.43. The van der Waals surface area contributed by atoms with Crippen LogP contribution >= 0.6 is 0 Å². The van der Waals surface area contributed by atoms with Gasteiger partial charge in [0.1, 0.15) is 11.4 Å². The highest BCUT2D eigenvalue weighted by Gasteiger charge is 2.34. The Morgan fingerprint density at radius 2 is 2.32 bits per heavy atom. The normalized spacial score (nSPS) is 24.6. The van der Waals surface area contributed by atoms with Gasteiger partial charge in [0.05, 0.1) is 12.7 Å². The molecule has 2 N–H and O–H groups in total. The molecular weight excluding hydrogens is 249 g/mol. The highest BCUT2D eigenvalue weighted by atomic mass is 19.1. The van der Waals surface area contributed by atoms with Gasteiger partial charge >= 0.3 is 0 Å². The minimum atomic E-state index is -0.863. The van der Waals surface area contributed by atoms with Gasteiger partial charge in [-0.25, -0.2) is 4.39 Å². The minimum Gasteiger partial charge on any atom is -0.387 e. The molecule has 1 saturated heterocycles. The first kappa shape index (κ1) is 14.4. The number of methoxy groups -OCH3 is 1. The summed E-state index contributed by atoms with van der Waals surface area (Å²) in [5.74, 6) is -0.387. The summed E-state index contributed by atoms with van der Waals surface area (Å²) < 4.78 is 24.3. The van der Waals surface area contributed by atoms with Gasteiger partial charge in [0, 0.05) is 38.8 Å². The van der Waals surface area contributed by atoms with Gasteiger partial charge in [0.15, 0.2) is 0 Å². The fourth-order valence-electron chi connectivity index (χ4n) is 2.25. The van der Waals surface area contributed by atoms with E-state index in [4.69, 9.17) is 9.47 Å². The highest BCUT2D eigenvalue weighted by molar-refractivity contribution is 5.19. The molecule has 0 radical (unpaired) electrons. The van der Waals surface area contributed by atoms with E-state index in [2.05, 4.69) is 5.32 Å². The Kier molecular flexibility index (Phi) is 4.87. The summed E-state index contributed by atoms with van der Waals surface area (Å²) in [5.41, 5.74) is -0.0151. The zero-order valence-electron chi connectivity index (χ0n) is 11.1. The summed E-state index contributed by atoms with van der Waals surface area (Å²) >= 11 is 0. The Labute approximate surface area is 112 Å². The van der Waals surface area contributed by atoms with E-state index in [1.807, 2.05) is 0 Å². The fourth-order valence-corrected chi connectivity index (χ4v) is 2.25. The molecule has 5 heteroatoms. The molecule has 2 atom stereocenters. The molecule has 0 aliphatic carbocycles. The number of hydrogen-bond donors (Lipinski definition) is 2. The molecule has 1 aromatic rings. The van der Waals surface area contributed by atoms with Crippen LogP contribution in [0.1, 0.15) is 18.1 Å². The Balaban J connectivity index is 1.84. The van der Waals surface area contributed by atoms with Gasteiger partial charge in [0.2, 0.25) is 0 Å². The molecule has 0 saturated carbocycles. The lowest BCUT2D eigenvalue weighted by Crippen LogP contribution is -2.44. The topological polar surface area (TPSA) is 50.7 Å². The molecule has 0 amide bonds. The predicted molar refractivity (Wildman–Crippen MR) is 69.4 cm³/mol. The molecule has 1 heterocycles. The summed E-state index contributed by atoms with van der Waals surface area (Å²) in [4.78, 5) is 0.